The molecule has 0 N–H and O–H groups in total. The van der Waals surface area contributed by atoms with E-state index in [0.29, 0.717) is 11.4 Å². The summed E-state index contributed by atoms with van der Waals surface area (Å²) < 4.78 is 25.8. The van der Waals surface area contributed by atoms with Crippen LogP contribution >= 0.6 is 0 Å². The van der Waals surface area contributed by atoms with E-state index in [1.165, 1.54) is 21.8 Å². The molecule has 14 nitrogen and oxygen atoms in total. The van der Waals surface area contributed by atoms with Crippen molar-refractivity contribution in [2.24, 2.45) is 14.1 Å². The summed E-state index contributed by atoms with van der Waals surface area (Å²) >= 11 is 0. The van der Waals surface area contributed by atoms with Crippen molar-refractivity contribution < 1.29 is 28.8 Å². The Hall–Kier alpha value is -2.94. The standard InChI is InChI=1S/2C11H15N3O4/c2*1-6-11-9(18-11)4-3-8(17-6)10-7(14(15)16)5-12-13(10)2/h2*5-6,8-9,11H,3-4H2,1-2H3/t6-,8+,9+,11-;6-,8-,9-,11+/m10/s1. The maximum Gasteiger partial charge on any atom is 0.312 e. The molecule has 196 valence electrons. The largest absolute Gasteiger partial charge is 0.367 e. The van der Waals surface area contributed by atoms with E-state index in [9.17, 15) is 20.2 Å². The van der Waals surface area contributed by atoms with Crippen LogP contribution in [0.2, 0.25) is 0 Å². The molecule has 0 amide bonds. The van der Waals surface area contributed by atoms with Gasteiger partial charge in [0.25, 0.3) is 0 Å². The number of hydrogen-bond donors (Lipinski definition) is 0. The van der Waals surface area contributed by atoms with Crippen LogP contribution < -0.4 is 0 Å². The number of ether oxygens (including phenoxy) is 4. The first-order valence-corrected chi connectivity index (χ1v) is 12.1. The SMILES string of the molecule is C[C@@H]1O[C@H](c2c([N+](=O)[O-])cnn2C)CC[C@@H]2O[C@H]12.C[C@H]1O[C@H](c2c([N+](=O)[O-])cnn2C)CC[C@@H]2O[C@@H]21. The lowest BCUT2D eigenvalue weighted by molar-refractivity contribution is -0.386. The molecule has 0 unspecified atom stereocenters. The van der Waals surface area contributed by atoms with Crippen molar-refractivity contribution in [3.05, 3.63) is 44.0 Å². The molecule has 6 heterocycles. The monoisotopic (exact) mass is 506 g/mol. The molecule has 2 aromatic heterocycles. The van der Waals surface area contributed by atoms with Gasteiger partial charge in [0, 0.05) is 14.1 Å². The van der Waals surface area contributed by atoms with Gasteiger partial charge in [-0.2, -0.15) is 10.2 Å². The van der Waals surface area contributed by atoms with Crippen LogP contribution in [0.15, 0.2) is 12.4 Å². The molecule has 4 aliphatic heterocycles. The van der Waals surface area contributed by atoms with Crippen LogP contribution in [0.5, 0.6) is 0 Å². The fourth-order valence-corrected chi connectivity index (χ4v) is 5.34. The van der Waals surface area contributed by atoms with Gasteiger partial charge in [-0.25, -0.2) is 0 Å². The highest BCUT2D eigenvalue weighted by molar-refractivity contribution is 5.35. The molecule has 0 bridgehead atoms. The van der Waals surface area contributed by atoms with Gasteiger partial charge in [-0.15, -0.1) is 0 Å². The smallest absolute Gasteiger partial charge is 0.312 e. The van der Waals surface area contributed by atoms with Crippen LogP contribution in [0.3, 0.4) is 0 Å². The van der Waals surface area contributed by atoms with E-state index in [1.807, 2.05) is 13.8 Å². The normalized spacial score (nSPS) is 34.8. The zero-order valence-corrected chi connectivity index (χ0v) is 20.6. The number of nitro groups is 2. The molecule has 0 saturated carbocycles. The highest BCUT2D eigenvalue weighted by Gasteiger charge is 2.49. The third kappa shape index (κ3) is 4.73. The molecular formula is C22H30N6O8. The maximum atomic E-state index is 11.0. The van der Waals surface area contributed by atoms with Crippen molar-refractivity contribution >= 4 is 11.4 Å². The van der Waals surface area contributed by atoms with Gasteiger partial charge in [-0.3, -0.25) is 29.6 Å². The van der Waals surface area contributed by atoms with Gasteiger partial charge in [-0.05, 0) is 39.5 Å². The molecule has 2 aromatic rings. The van der Waals surface area contributed by atoms with Crippen LogP contribution in [0, 0.1) is 20.2 Å². The quantitative estimate of drug-likeness (QED) is 0.342. The number of rotatable bonds is 4. The number of epoxide rings is 2. The summed E-state index contributed by atoms with van der Waals surface area (Å²) in [5, 5.41) is 29.9. The number of aromatic nitrogens is 4. The fourth-order valence-electron chi connectivity index (χ4n) is 5.34. The number of aryl methyl sites for hydroxylation is 2. The van der Waals surface area contributed by atoms with Crippen LogP contribution in [-0.2, 0) is 33.0 Å². The predicted molar refractivity (Wildman–Crippen MR) is 122 cm³/mol. The Kier molecular flexibility index (Phi) is 6.53. The molecule has 0 aromatic carbocycles. The third-order valence-corrected chi connectivity index (χ3v) is 7.29. The summed E-state index contributed by atoms with van der Waals surface area (Å²) in [5.41, 5.74) is 1.17. The second-order valence-corrected chi connectivity index (χ2v) is 9.68. The van der Waals surface area contributed by atoms with Crippen molar-refractivity contribution in [3.8, 4) is 0 Å². The first-order chi connectivity index (χ1) is 17.2. The molecule has 0 radical (unpaired) electrons. The van der Waals surface area contributed by atoms with Crippen molar-refractivity contribution in [3.63, 3.8) is 0 Å². The Balaban J connectivity index is 0.000000148. The Labute approximate surface area is 206 Å². The van der Waals surface area contributed by atoms with E-state index in [-0.39, 0.29) is 60.2 Å². The van der Waals surface area contributed by atoms with E-state index in [0.717, 1.165) is 25.7 Å². The summed E-state index contributed by atoms with van der Waals surface area (Å²) in [6.45, 7) is 3.90. The van der Waals surface area contributed by atoms with Gasteiger partial charge in [-0.1, -0.05) is 0 Å². The molecule has 4 aliphatic rings. The number of fused-ring (bicyclic) bond motifs is 2. The Morgan fingerprint density at radius 3 is 1.50 bits per heavy atom. The highest BCUT2D eigenvalue weighted by Crippen LogP contribution is 2.43. The number of nitrogens with zero attached hydrogens (tertiary/aromatic N) is 6. The average Bonchev–Trinajstić information content (AvgIpc) is 3.70. The van der Waals surface area contributed by atoms with Crippen LogP contribution in [0.4, 0.5) is 11.4 Å². The van der Waals surface area contributed by atoms with Crippen molar-refractivity contribution in [1.29, 1.82) is 0 Å². The van der Waals surface area contributed by atoms with Crippen molar-refractivity contribution in [2.45, 2.75) is 88.4 Å². The lowest BCUT2D eigenvalue weighted by atomic mass is 10.1. The molecule has 14 heteroatoms. The molecule has 4 fully saturated rings. The lowest BCUT2D eigenvalue weighted by Gasteiger charge is -2.19. The molecule has 0 spiro atoms. The maximum absolute atomic E-state index is 11.0. The topological polar surface area (TPSA) is 165 Å². The van der Waals surface area contributed by atoms with Crippen molar-refractivity contribution in [1.82, 2.24) is 19.6 Å². The minimum Gasteiger partial charge on any atom is -0.367 e. The van der Waals surface area contributed by atoms with Gasteiger partial charge in [0.2, 0.25) is 0 Å². The first-order valence-electron chi connectivity index (χ1n) is 12.1. The van der Waals surface area contributed by atoms with Gasteiger partial charge in [0.05, 0.1) is 34.3 Å². The zero-order valence-electron chi connectivity index (χ0n) is 20.6. The number of hydrogen-bond acceptors (Lipinski definition) is 10. The zero-order chi connectivity index (χ0) is 25.7. The summed E-state index contributed by atoms with van der Waals surface area (Å²) in [4.78, 5) is 21.2. The van der Waals surface area contributed by atoms with E-state index in [2.05, 4.69) is 10.2 Å². The van der Waals surface area contributed by atoms with E-state index in [4.69, 9.17) is 18.9 Å². The minimum atomic E-state index is -0.404. The van der Waals surface area contributed by atoms with Gasteiger partial charge < -0.3 is 18.9 Å². The lowest BCUT2D eigenvalue weighted by Crippen LogP contribution is -2.19. The van der Waals surface area contributed by atoms with Gasteiger partial charge in [0.1, 0.15) is 48.2 Å². The van der Waals surface area contributed by atoms with Crippen LogP contribution in [0.1, 0.15) is 63.1 Å². The van der Waals surface area contributed by atoms with Gasteiger partial charge in [0.15, 0.2) is 0 Å². The molecule has 0 aliphatic carbocycles. The van der Waals surface area contributed by atoms with E-state index >= 15 is 0 Å². The predicted octanol–water partition coefficient (Wildman–Crippen LogP) is 2.67. The molecule has 6 rings (SSSR count). The van der Waals surface area contributed by atoms with Crippen LogP contribution in [0.25, 0.3) is 0 Å². The van der Waals surface area contributed by atoms with E-state index < -0.39 is 9.85 Å². The Morgan fingerprint density at radius 2 is 1.14 bits per heavy atom. The molecular weight excluding hydrogens is 476 g/mol. The summed E-state index contributed by atoms with van der Waals surface area (Å²) in [5.74, 6) is 0. The highest BCUT2D eigenvalue weighted by atomic mass is 16.6. The van der Waals surface area contributed by atoms with Crippen LogP contribution in [-0.4, -0.2) is 66.0 Å². The molecule has 8 atom stereocenters. The average molecular weight is 507 g/mol. The van der Waals surface area contributed by atoms with Crippen molar-refractivity contribution in [2.75, 3.05) is 0 Å². The second kappa shape index (κ2) is 9.50. The summed E-state index contributed by atoms with van der Waals surface area (Å²) in [6.07, 6.45) is 6.00. The fraction of sp³-hybridized carbons (Fsp3) is 0.727. The third-order valence-electron chi connectivity index (χ3n) is 7.29. The minimum absolute atomic E-state index is 0.0306. The molecule has 36 heavy (non-hydrogen) atoms. The molecule has 4 saturated heterocycles. The Morgan fingerprint density at radius 1 is 0.750 bits per heavy atom. The second-order valence-electron chi connectivity index (χ2n) is 9.68. The first kappa shape index (κ1) is 24.7. The van der Waals surface area contributed by atoms with E-state index in [1.54, 1.807) is 14.1 Å². The Bertz CT molecular complexity index is 1060. The summed E-state index contributed by atoms with van der Waals surface area (Å²) in [7, 11) is 3.41. The summed E-state index contributed by atoms with van der Waals surface area (Å²) in [6, 6.07) is 0. The van der Waals surface area contributed by atoms with Gasteiger partial charge >= 0.3 is 11.4 Å².